The van der Waals surface area contributed by atoms with E-state index in [1.165, 1.54) is 23.4 Å². The molecular weight excluding hydrogens is 266 g/mol. The lowest BCUT2D eigenvalue weighted by atomic mass is 10.3. The van der Waals surface area contributed by atoms with E-state index in [1.54, 1.807) is 11.3 Å². The van der Waals surface area contributed by atoms with E-state index in [0.717, 1.165) is 9.60 Å². The summed E-state index contributed by atoms with van der Waals surface area (Å²) in [4.78, 5) is 22.6. The van der Waals surface area contributed by atoms with Gasteiger partial charge in [-0.2, -0.15) is 0 Å². The van der Waals surface area contributed by atoms with Gasteiger partial charge in [0.05, 0.1) is 9.11 Å². The van der Waals surface area contributed by atoms with Crippen molar-refractivity contribution in [2.75, 3.05) is 0 Å². The second-order valence-electron chi connectivity index (χ2n) is 3.64. The quantitative estimate of drug-likeness (QED) is 0.692. The highest BCUT2D eigenvalue weighted by molar-refractivity contribution is 8.05. The third-order valence-electron chi connectivity index (χ3n) is 2.17. The molecule has 0 spiro atoms. The molecule has 0 bridgehead atoms. The average Bonchev–Trinajstić information content (AvgIpc) is 2.69. The lowest BCUT2D eigenvalue weighted by Crippen LogP contribution is -2.28. The molecule has 0 saturated carbocycles. The van der Waals surface area contributed by atoms with Gasteiger partial charge < -0.3 is 0 Å². The Bertz CT molecular complexity index is 598. The number of benzene rings is 1. The Labute approximate surface area is 113 Å². The second kappa shape index (κ2) is 5.37. The zero-order chi connectivity index (χ0) is 13.1. The van der Waals surface area contributed by atoms with Crippen LogP contribution in [0.1, 0.15) is 6.92 Å². The predicted molar refractivity (Wildman–Crippen MR) is 75.6 cm³/mol. The third kappa shape index (κ3) is 3.00. The van der Waals surface area contributed by atoms with Gasteiger partial charge in [0, 0.05) is 11.6 Å². The zero-order valence-corrected chi connectivity index (χ0v) is 11.4. The van der Waals surface area contributed by atoms with Crippen molar-refractivity contribution in [1.82, 2.24) is 5.32 Å². The highest BCUT2D eigenvalue weighted by Crippen LogP contribution is 2.35. The Morgan fingerprint density at radius 3 is 2.72 bits per heavy atom. The molecule has 0 aliphatic heterocycles. The maximum atomic E-state index is 11.5. The second-order valence-corrected chi connectivity index (χ2v) is 6.12. The molecule has 2 amide bonds. The molecule has 18 heavy (non-hydrogen) atoms. The highest BCUT2D eigenvalue weighted by Gasteiger charge is 2.11. The van der Waals surface area contributed by atoms with Gasteiger partial charge in [-0.1, -0.05) is 36.5 Å². The summed E-state index contributed by atoms with van der Waals surface area (Å²) < 4.78 is 2.15. The van der Waals surface area contributed by atoms with Crippen LogP contribution in [-0.2, 0) is 9.59 Å². The summed E-state index contributed by atoms with van der Waals surface area (Å²) >= 11 is 2.88. The van der Waals surface area contributed by atoms with Crippen LogP contribution in [0.15, 0.2) is 46.0 Å². The molecule has 0 radical (unpaired) electrons. The first kappa shape index (κ1) is 12.9. The van der Waals surface area contributed by atoms with Gasteiger partial charge in [-0.3, -0.25) is 14.9 Å². The number of carbonyl (C=O) groups is 2. The normalized spacial score (nSPS) is 10.3. The van der Waals surface area contributed by atoms with Crippen molar-refractivity contribution in [3.05, 3.63) is 41.8 Å². The van der Waals surface area contributed by atoms with Crippen molar-refractivity contribution in [2.45, 2.75) is 11.1 Å². The lowest BCUT2D eigenvalue weighted by Gasteiger charge is -2.02. The van der Waals surface area contributed by atoms with Gasteiger partial charge in [-0.15, -0.1) is 11.3 Å². The van der Waals surface area contributed by atoms with Gasteiger partial charge in [-0.05, 0) is 17.5 Å². The van der Waals surface area contributed by atoms with Gasteiger partial charge in [-0.25, -0.2) is 0 Å². The minimum Gasteiger partial charge on any atom is -0.292 e. The van der Waals surface area contributed by atoms with Crippen LogP contribution in [0.5, 0.6) is 0 Å². The molecule has 1 aromatic heterocycles. The number of thioether (sulfide) groups is 1. The summed E-state index contributed by atoms with van der Waals surface area (Å²) in [6.07, 6.45) is 0. The molecule has 92 valence electrons. The van der Waals surface area contributed by atoms with E-state index in [0.29, 0.717) is 4.91 Å². The Kier molecular flexibility index (Phi) is 3.84. The van der Waals surface area contributed by atoms with Crippen molar-refractivity contribution in [2.24, 2.45) is 0 Å². The molecule has 2 rings (SSSR count). The van der Waals surface area contributed by atoms with Gasteiger partial charge in [0.1, 0.15) is 0 Å². The molecule has 3 nitrogen and oxygen atoms in total. The lowest BCUT2D eigenvalue weighted by molar-refractivity contribution is -0.126. The van der Waals surface area contributed by atoms with Crippen LogP contribution in [0.3, 0.4) is 0 Å². The molecule has 0 aliphatic rings. The maximum absolute atomic E-state index is 11.5. The Morgan fingerprint density at radius 1 is 1.33 bits per heavy atom. The van der Waals surface area contributed by atoms with E-state index in [1.807, 2.05) is 30.3 Å². The Balaban J connectivity index is 2.11. The fourth-order valence-electron chi connectivity index (χ4n) is 1.41. The summed E-state index contributed by atoms with van der Waals surface area (Å²) in [6.45, 7) is 4.98. The number of carbonyl (C=O) groups excluding carboxylic acids is 2. The summed E-state index contributed by atoms with van der Waals surface area (Å²) in [6, 6.07) is 10.0. The van der Waals surface area contributed by atoms with Crippen LogP contribution in [0.4, 0.5) is 0 Å². The monoisotopic (exact) mass is 277 g/mol. The van der Waals surface area contributed by atoms with Gasteiger partial charge in [0.15, 0.2) is 0 Å². The van der Waals surface area contributed by atoms with E-state index in [4.69, 9.17) is 0 Å². The molecule has 0 atom stereocenters. The molecule has 0 unspecified atom stereocenters. The third-order valence-corrected chi connectivity index (χ3v) is 4.33. The van der Waals surface area contributed by atoms with Crippen LogP contribution in [-0.4, -0.2) is 11.8 Å². The molecule has 5 heteroatoms. The van der Waals surface area contributed by atoms with Crippen molar-refractivity contribution >= 4 is 45.0 Å². The maximum Gasteiger partial charge on any atom is 0.264 e. The molecular formula is C13H11NO2S2. The molecule has 0 fully saturated rings. The van der Waals surface area contributed by atoms with Crippen LogP contribution in [0.2, 0.25) is 0 Å². The largest absolute Gasteiger partial charge is 0.292 e. The smallest absolute Gasteiger partial charge is 0.264 e. The number of nitrogens with one attached hydrogen (secondary N) is 1. The molecule has 2 aromatic rings. The molecule has 1 aromatic carbocycles. The Morgan fingerprint density at radius 2 is 2.06 bits per heavy atom. The number of amides is 2. The fourth-order valence-corrected chi connectivity index (χ4v) is 3.51. The van der Waals surface area contributed by atoms with Crippen molar-refractivity contribution < 1.29 is 9.59 Å². The van der Waals surface area contributed by atoms with E-state index in [2.05, 4.69) is 11.9 Å². The number of imide groups is 1. The molecule has 0 saturated heterocycles. The van der Waals surface area contributed by atoms with Crippen LogP contribution >= 0.6 is 23.1 Å². The highest BCUT2D eigenvalue weighted by atomic mass is 32.2. The predicted octanol–water partition coefficient (Wildman–Crippen LogP) is 3.17. The Hall–Kier alpha value is -1.59. The SMILES string of the molecule is C=C(Sc1cc2ccccc2s1)C(=O)NC(C)=O. The van der Waals surface area contributed by atoms with E-state index >= 15 is 0 Å². The van der Waals surface area contributed by atoms with Crippen LogP contribution in [0, 0.1) is 0 Å². The first-order valence-corrected chi connectivity index (χ1v) is 6.87. The minimum atomic E-state index is -0.440. The van der Waals surface area contributed by atoms with Gasteiger partial charge >= 0.3 is 0 Å². The summed E-state index contributed by atoms with van der Waals surface area (Å²) in [7, 11) is 0. The van der Waals surface area contributed by atoms with Crippen molar-refractivity contribution in [3.63, 3.8) is 0 Å². The first-order valence-electron chi connectivity index (χ1n) is 5.23. The van der Waals surface area contributed by atoms with Crippen molar-refractivity contribution in [1.29, 1.82) is 0 Å². The molecule has 1 heterocycles. The summed E-state index contributed by atoms with van der Waals surface area (Å²) in [5, 5.41) is 3.35. The summed E-state index contributed by atoms with van der Waals surface area (Å²) in [5.41, 5.74) is 0. The van der Waals surface area contributed by atoms with Gasteiger partial charge in [0.25, 0.3) is 5.91 Å². The van der Waals surface area contributed by atoms with E-state index in [9.17, 15) is 9.59 Å². The number of hydrogen-bond donors (Lipinski definition) is 1. The molecule has 0 aliphatic carbocycles. The number of rotatable bonds is 3. The van der Waals surface area contributed by atoms with Crippen molar-refractivity contribution in [3.8, 4) is 0 Å². The van der Waals surface area contributed by atoms with Gasteiger partial charge in [0.2, 0.25) is 5.91 Å². The minimum absolute atomic E-state index is 0.316. The van der Waals surface area contributed by atoms with Crippen LogP contribution < -0.4 is 5.32 Å². The fraction of sp³-hybridized carbons (Fsp3) is 0.0769. The molecule has 1 N–H and O–H groups in total. The topological polar surface area (TPSA) is 46.2 Å². The van der Waals surface area contributed by atoms with E-state index < -0.39 is 5.91 Å². The average molecular weight is 277 g/mol. The first-order chi connectivity index (χ1) is 8.56. The number of fused-ring (bicyclic) bond motifs is 1. The number of thiophene rings is 1. The number of hydrogen-bond acceptors (Lipinski definition) is 4. The standard InChI is InChI=1S/C13H11NO2S2/c1-8(13(16)14-9(2)15)17-12-7-10-5-3-4-6-11(10)18-12/h3-7H,1H2,2H3,(H,14,15,16). The van der Waals surface area contributed by atoms with E-state index in [-0.39, 0.29) is 5.91 Å². The zero-order valence-electron chi connectivity index (χ0n) is 9.73. The summed E-state index contributed by atoms with van der Waals surface area (Å²) in [5.74, 6) is -0.817. The van der Waals surface area contributed by atoms with Crippen LogP contribution in [0.25, 0.3) is 10.1 Å².